The van der Waals surface area contributed by atoms with E-state index < -0.39 is 5.97 Å². The van der Waals surface area contributed by atoms with Crippen LogP contribution in [0.25, 0.3) is 11.7 Å². The zero-order valence-electron chi connectivity index (χ0n) is 13.9. The van der Waals surface area contributed by atoms with Crippen LogP contribution in [0, 0.1) is 0 Å². The van der Waals surface area contributed by atoms with Gasteiger partial charge >= 0.3 is 5.97 Å². The number of thioether (sulfide) groups is 1. The van der Waals surface area contributed by atoms with Gasteiger partial charge in [-0.1, -0.05) is 0 Å². The normalized spacial score (nSPS) is 15.9. The fourth-order valence-corrected chi connectivity index (χ4v) is 3.62. The van der Waals surface area contributed by atoms with Gasteiger partial charge in [0.25, 0.3) is 11.8 Å². The third-order valence-corrected chi connectivity index (χ3v) is 5.33. The first-order valence-corrected chi connectivity index (χ1v) is 9.53. The quantitative estimate of drug-likeness (QED) is 0.597. The standard InChI is InChI=1S/C17H12BrN3O5S/c1-8-15(22)19-10-6-9(2-4-12(10)27-8)17(23)24-7-14-20-21-16(26-14)11-3-5-13(18)25-11/h2-6,8H,7H2,1H3,(H,19,22)/t8-/m0/s1. The predicted octanol–water partition coefficient (Wildman–Crippen LogP) is 3.88. The summed E-state index contributed by atoms with van der Waals surface area (Å²) >= 11 is 4.63. The SMILES string of the molecule is C[C@@H]1Sc2ccc(C(=O)OCc3nnc(-c4ccc(Br)o4)o3)cc2NC1=O. The number of nitrogens with one attached hydrogen (secondary N) is 1. The maximum Gasteiger partial charge on any atom is 0.338 e. The minimum Gasteiger partial charge on any atom is -0.452 e. The second kappa shape index (κ2) is 7.20. The van der Waals surface area contributed by atoms with Gasteiger partial charge in [-0.25, -0.2) is 4.79 Å². The number of amides is 1. The van der Waals surface area contributed by atoms with Crippen LogP contribution in [-0.2, 0) is 16.1 Å². The summed E-state index contributed by atoms with van der Waals surface area (Å²) in [4.78, 5) is 25.0. The van der Waals surface area contributed by atoms with Gasteiger partial charge in [0.2, 0.25) is 5.91 Å². The molecule has 1 aromatic carbocycles. The largest absolute Gasteiger partial charge is 0.452 e. The van der Waals surface area contributed by atoms with Crippen LogP contribution in [0.4, 0.5) is 5.69 Å². The molecule has 138 valence electrons. The van der Waals surface area contributed by atoms with Crippen LogP contribution in [0.3, 0.4) is 0 Å². The van der Waals surface area contributed by atoms with Crippen molar-refractivity contribution in [1.82, 2.24) is 10.2 Å². The number of furan rings is 1. The van der Waals surface area contributed by atoms with Crippen LogP contribution < -0.4 is 5.32 Å². The lowest BCUT2D eigenvalue weighted by molar-refractivity contribution is -0.115. The smallest absolute Gasteiger partial charge is 0.338 e. The molecule has 0 spiro atoms. The summed E-state index contributed by atoms with van der Waals surface area (Å²) < 4.78 is 16.5. The number of ether oxygens (including phenoxy) is 1. The molecule has 3 heterocycles. The summed E-state index contributed by atoms with van der Waals surface area (Å²) in [6, 6.07) is 8.40. The first-order valence-electron chi connectivity index (χ1n) is 7.86. The van der Waals surface area contributed by atoms with Gasteiger partial charge in [-0.3, -0.25) is 4.79 Å². The Labute approximate surface area is 165 Å². The molecule has 0 bridgehead atoms. The number of rotatable bonds is 4. The van der Waals surface area contributed by atoms with Gasteiger partial charge < -0.3 is 18.9 Å². The van der Waals surface area contributed by atoms with Gasteiger partial charge in [-0.05, 0) is 53.2 Å². The highest BCUT2D eigenvalue weighted by Crippen LogP contribution is 2.36. The molecule has 4 rings (SSSR count). The number of fused-ring (bicyclic) bond motifs is 1. The van der Waals surface area contributed by atoms with E-state index in [4.69, 9.17) is 13.6 Å². The van der Waals surface area contributed by atoms with Gasteiger partial charge in [0.1, 0.15) is 0 Å². The molecule has 0 radical (unpaired) electrons. The molecule has 1 aliphatic rings. The minimum atomic E-state index is -0.559. The summed E-state index contributed by atoms with van der Waals surface area (Å²) in [7, 11) is 0. The van der Waals surface area contributed by atoms with E-state index in [1.807, 2.05) is 6.92 Å². The van der Waals surface area contributed by atoms with E-state index in [2.05, 4.69) is 31.4 Å². The van der Waals surface area contributed by atoms with Crippen LogP contribution >= 0.6 is 27.7 Å². The molecule has 1 amide bonds. The summed E-state index contributed by atoms with van der Waals surface area (Å²) in [5, 5.41) is 10.3. The Morgan fingerprint density at radius 3 is 2.93 bits per heavy atom. The van der Waals surface area contributed by atoms with E-state index in [0.29, 0.717) is 21.7 Å². The van der Waals surface area contributed by atoms with E-state index in [1.165, 1.54) is 11.8 Å². The average Bonchev–Trinajstić information content (AvgIpc) is 3.29. The zero-order chi connectivity index (χ0) is 19.0. The van der Waals surface area contributed by atoms with Gasteiger partial charge in [0.15, 0.2) is 17.0 Å². The fourth-order valence-electron chi connectivity index (χ4n) is 2.39. The molecule has 10 heteroatoms. The number of anilines is 1. The second-order valence-electron chi connectivity index (χ2n) is 5.64. The molecule has 0 aliphatic carbocycles. The van der Waals surface area contributed by atoms with Crippen molar-refractivity contribution in [1.29, 1.82) is 0 Å². The van der Waals surface area contributed by atoms with Gasteiger partial charge in [-0.2, -0.15) is 0 Å². The first kappa shape index (κ1) is 17.8. The molecule has 3 aromatic rings. The number of esters is 1. The lowest BCUT2D eigenvalue weighted by Gasteiger charge is -2.21. The lowest BCUT2D eigenvalue weighted by atomic mass is 10.2. The molecule has 1 atom stereocenters. The minimum absolute atomic E-state index is 0.0963. The van der Waals surface area contributed by atoms with Crippen LogP contribution in [0.2, 0.25) is 0 Å². The Balaban J connectivity index is 1.42. The van der Waals surface area contributed by atoms with E-state index >= 15 is 0 Å². The highest BCUT2D eigenvalue weighted by Gasteiger charge is 2.24. The molecule has 8 nitrogen and oxygen atoms in total. The predicted molar refractivity (Wildman–Crippen MR) is 99.2 cm³/mol. The van der Waals surface area contributed by atoms with Crippen molar-refractivity contribution in [3.8, 4) is 11.7 Å². The Morgan fingerprint density at radius 1 is 1.30 bits per heavy atom. The molecule has 27 heavy (non-hydrogen) atoms. The highest BCUT2D eigenvalue weighted by molar-refractivity contribution is 9.10. The summed E-state index contributed by atoms with van der Waals surface area (Å²) in [5.41, 5.74) is 0.917. The number of carbonyl (C=O) groups excluding carboxylic acids is 2. The number of benzene rings is 1. The van der Waals surface area contributed by atoms with E-state index in [-0.39, 0.29) is 29.5 Å². The van der Waals surface area contributed by atoms with E-state index in [9.17, 15) is 9.59 Å². The maximum absolute atomic E-state index is 12.3. The lowest BCUT2D eigenvalue weighted by Crippen LogP contribution is -2.26. The van der Waals surface area contributed by atoms with Crippen LogP contribution in [0.1, 0.15) is 23.2 Å². The van der Waals surface area contributed by atoms with Crippen molar-refractivity contribution in [2.24, 2.45) is 0 Å². The van der Waals surface area contributed by atoms with Crippen LogP contribution in [0.15, 0.2) is 48.7 Å². The number of nitrogens with zero attached hydrogens (tertiary/aromatic N) is 2. The molecule has 0 unspecified atom stereocenters. The van der Waals surface area contributed by atoms with E-state index in [0.717, 1.165) is 4.90 Å². The number of aromatic nitrogens is 2. The van der Waals surface area contributed by atoms with E-state index in [1.54, 1.807) is 30.3 Å². The molecule has 1 aliphatic heterocycles. The molecule has 0 saturated heterocycles. The number of hydrogen-bond acceptors (Lipinski definition) is 8. The highest BCUT2D eigenvalue weighted by atomic mass is 79.9. The van der Waals surface area contributed by atoms with Crippen molar-refractivity contribution in [3.63, 3.8) is 0 Å². The third kappa shape index (κ3) is 3.76. The molecule has 0 fully saturated rings. The Bertz CT molecular complexity index is 1030. The van der Waals surface area contributed by atoms with Gasteiger partial charge in [0, 0.05) is 4.90 Å². The molecule has 0 saturated carbocycles. The monoisotopic (exact) mass is 449 g/mol. The van der Waals surface area contributed by atoms with Crippen LogP contribution in [-0.4, -0.2) is 27.3 Å². The molecular weight excluding hydrogens is 438 g/mol. The topological polar surface area (TPSA) is 107 Å². The summed E-state index contributed by atoms with van der Waals surface area (Å²) in [6.07, 6.45) is 0. The molecule has 1 N–H and O–H groups in total. The number of halogens is 1. The van der Waals surface area contributed by atoms with Crippen molar-refractivity contribution < 1.29 is 23.2 Å². The van der Waals surface area contributed by atoms with Gasteiger partial charge in [-0.15, -0.1) is 22.0 Å². The maximum atomic E-state index is 12.3. The third-order valence-electron chi connectivity index (χ3n) is 3.72. The summed E-state index contributed by atoms with van der Waals surface area (Å²) in [6.45, 7) is 1.65. The molecule has 2 aromatic heterocycles. The van der Waals surface area contributed by atoms with Crippen molar-refractivity contribution in [3.05, 3.63) is 46.5 Å². The average molecular weight is 450 g/mol. The van der Waals surface area contributed by atoms with Crippen molar-refractivity contribution in [2.45, 2.75) is 23.7 Å². The second-order valence-corrected chi connectivity index (χ2v) is 7.81. The Hall–Kier alpha value is -2.59. The zero-order valence-corrected chi connectivity index (χ0v) is 16.3. The fraction of sp³-hybridized carbons (Fsp3) is 0.176. The summed E-state index contributed by atoms with van der Waals surface area (Å²) in [5.74, 6) is 0.0807. The number of hydrogen-bond donors (Lipinski definition) is 1. The van der Waals surface area contributed by atoms with Crippen molar-refractivity contribution >= 4 is 45.3 Å². The van der Waals surface area contributed by atoms with Crippen molar-refractivity contribution in [2.75, 3.05) is 5.32 Å². The Morgan fingerprint density at radius 2 is 2.15 bits per heavy atom. The van der Waals surface area contributed by atoms with Gasteiger partial charge in [0.05, 0.1) is 16.5 Å². The molecular formula is C17H12BrN3O5S. The Kier molecular flexibility index (Phi) is 4.75. The van der Waals surface area contributed by atoms with Crippen LogP contribution in [0.5, 0.6) is 0 Å². The number of carbonyl (C=O) groups is 2. The first-order chi connectivity index (χ1) is 13.0.